The molecule has 1 saturated heterocycles. The average Bonchev–Trinajstić information content (AvgIpc) is 2.81. The quantitative estimate of drug-likeness (QED) is 0.550. The number of likely N-dealkylation sites (tertiary alicyclic amines) is 1. The monoisotopic (exact) mass is 246 g/mol. The molecule has 5 nitrogen and oxygen atoms in total. The first-order valence-corrected chi connectivity index (χ1v) is 6.06. The van der Waals surface area contributed by atoms with Gasteiger partial charge in [-0.05, 0) is 31.9 Å². The summed E-state index contributed by atoms with van der Waals surface area (Å²) in [5.41, 5.74) is 7.41. The highest BCUT2D eigenvalue weighted by Crippen LogP contribution is 2.18. The molecule has 0 aromatic heterocycles. The van der Waals surface area contributed by atoms with Crippen LogP contribution in [-0.4, -0.2) is 29.4 Å². The number of aryl methyl sites for hydroxylation is 1. The van der Waals surface area contributed by atoms with E-state index in [0.717, 1.165) is 24.1 Å². The highest BCUT2D eigenvalue weighted by atomic mass is 16.2. The normalized spacial score (nSPS) is 18.7. The summed E-state index contributed by atoms with van der Waals surface area (Å²) in [5, 5.41) is 10.3. The van der Waals surface area contributed by atoms with Crippen molar-refractivity contribution in [1.82, 2.24) is 4.90 Å². The summed E-state index contributed by atoms with van der Waals surface area (Å²) < 4.78 is 0. The molecule has 1 aromatic rings. The summed E-state index contributed by atoms with van der Waals surface area (Å²) in [5.74, 6) is 0.0616. The topological polar surface area (TPSA) is 82.2 Å². The minimum absolute atomic E-state index is 0.0616. The fraction of sp³-hybridized carbons (Fsp3) is 0.385. The number of nitrogens with zero attached hydrogens (tertiary/aromatic N) is 1. The number of hydrogen-bond acceptors (Lipinski definition) is 2. The lowest BCUT2D eigenvalue weighted by Crippen LogP contribution is -2.45. The number of amides is 2. The third-order valence-electron chi connectivity index (χ3n) is 3.18. The zero-order valence-electron chi connectivity index (χ0n) is 10.4. The summed E-state index contributed by atoms with van der Waals surface area (Å²) in [6, 6.07) is 7.19. The minimum atomic E-state index is -0.254. The molecule has 2 amide bonds. The molecule has 1 unspecified atom stereocenters. The van der Waals surface area contributed by atoms with Gasteiger partial charge in [-0.15, -0.1) is 0 Å². The Morgan fingerprint density at radius 3 is 2.72 bits per heavy atom. The van der Waals surface area contributed by atoms with E-state index in [9.17, 15) is 4.79 Å². The van der Waals surface area contributed by atoms with Crippen molar-refractivity contribution in [2.45, 2.75) is 25.8 Å². The Balaban J connectivity index is 2.03. The van der Waals surface area contributed by atoms with E-state index in [0.29, 0.717) is 6.54 Å². The molecular formula is C13H18N4O. The Labute approximate surface area is 106 Å². The fourth-order valence-electron chi connectivity index (χ4n) is 2.17. The second-order valence-electron chi connectivity index (χ2n) is 4.60. The number of benzene rings is 1. The predicted octanol–water partition coefficient (Wildman–Crippen LogP) is 1.93. The maximum Gasteiger partial charge on any atom is 0.322 e. The van der Waals surface area contributed by atoms with Gasteiger partial charge < -0.3 is 16.0 Å². The van der Waals surface area contributed by atoms with Gasteiger partial charge in [-0.1, -0.05) is 17.7 Å². The first-order chi connectivity index (χ1) is 8.58. The summed E-state index contributed by atoms with van der Waals surface area (Å²) in [6.07, 6.45) is 1.67. The van der Waals surface area contributed by atoms with Crippen LogP contribution in [0.5, 0.6) is 0 Å². The van der Waals surface area contributed by atoms with Crippen LogP contribution in [-0.2, 0) is 0 Å². The van der Waals surface area contributed by atoms with Crippen LogP contribution in [0.2, 0.25) is 0 Å². The van der Waals surface area contributed by atoms with Gasteiger partial charge in [0.25, 0.3) is 0 Å². The van der Waals surface area contributed by atoms with Gasteiger partial charge in [-0.25, -0.2) is 4.79 Å². The molecule has 18 heavy (non-hydrogen) atoms. The summed E-state index contributed by atoms with van der Waals surface area (Å²) in [7, 11) is 0. The molecule has 0 spiro atoms. The molecule has 5 heteroatoms. The van der Waals surface area contributed by atoms with Crippen LogP contribution in [0.3, 0.4) is 0 Å². The first kappa shape index (κ1) is 12.4. The van der Waals surface area contributed by atoms with Crippen LogP contribution in [0.15, 0.2) is 24.3 Å². The van der Waals surface area contributed by atoms with Gasteiger partial charge in [-0.2, -0.15) is 0 Å². The Morgan fingerprint density at radius 1 is 1.44 bits per heavy atom. The predicted molar refractivity (Wildman–Crippen MR) is 71.8 cm³/mol. The van der Waals surface area contributed by atoms with Gasteiger partial charge in [0.15, 0.2) is 0 Å². The van der Waals surface area contributed by atoms with Crippen molar-refractivity contribution in [2.75, 3.05) is 11.9 Å². The van der Waals surface area contributed by atoms with Gasteiger partial charge in [0.05, 0.1) is 6.04 Å². The number of urea groups is 1. The number of anilines is 1. The number of nitrogens with one attached hydrogen (secondary N) is 2. The van der Waals surface area contributed by atoms with E-state index in [2.05, 4.69) is 5.32 Å². The first-order valence-electron chi connectivity index (χ1n) is 6.06. The van der Waals surface area contributed by atoms with Crippen LogP contribution in [0.25, 0.3) is 0 Å². The van der Waals surface area contributed by atoms with Gasteiger partial charge in [0.2, 0.25) is 0 Å². The van der Waals surface area contributed by atoms with E-state index >= 15 is 0 Å². The van der Waals surface area contributed by atoms with E-state index in [1.54, 1.807) is 4.90 Å². The van der Waals surface area contributed by atoms with Crippen molar-refractivity contribution >= 4 is 17.6 Å². The lowest BCUT2D eigenvalue weighted by molar-refractivity contribution is 0.216. The molecule has 1 aromatic carbocycles. The van der Waals surface area contributed by atoms with E-state index in [1.807, 2.05) is 31.2 Å². The van der Waals surface area contributed by atoms with Gasteiger partial charge in [0, 0.05) is 12.2 Å². The second-order valence-corrected chi connectivity index (χ2v) is 4.60. The van der Waals surface area contributed by atoms with E-state index < -0.39 is 0 Å². The minimum Gasteiger partial charge on any atom is -0.386 e. The second kappa shape index (κ2) is 5.08. The molecule has 1 atom stereocenters. The SMILES string of the molecule is Cc1ccc(NC(=O)N2CCCC2C(=N)N)cc1. The molecule has 0 radical (unpaired) electrons. The number of carbonyl (C=O) groups is 1. The molecule has 0 saturated carbocycles. The Kier molecular flexibility index (Phi) is 3.50. The Bertz CT molecular complexity index is 455. The van der Waals surface area contributed by atoms with Gasteiger partial charge >= 0.3 is 6.03 Å². The lowest BCUT2D eigenvalue weighted by atomic mass is 10.2. The molecule has 0 bridgehead atoms. The smallest absolute Gasteiger partial charge is 0.322 e. The summed E-state index contributed by atoms with van der Waals surface area (Å²) in [4.78, 5) is 13.7. The largest absolute Gasteiger partial charge is 0.386 e. The van der Waals surface area contributed by atoms with Crippen molar-refractivity contribution in [3.63, 3.8) is 0 Å². The summed E-state index contributed by atoms with van der Waals surface area (Å²) in [6.45, 7) is 2.65. The third-order valence-corrected chi connectivity index (χ3v) is 3.18. The molecule has 4 N–H and O–H groups in total. The number of nitrogens with two attached hydrogens (primary N) is 1. The van der Waals surface area contributed by atoms with Crippen LogP contribution in [0, 0.1) is 12.3 Å². The summed E-state index contributed by atoms with van der Waals surface area (Å²) >= 11 is 0. The van der Waals surface area contributed by atoms with Gasteiger partial charge in [-0.3, -0.25) is 5.41 Å². The fourth-order valence-corrected chi connectivity index (χ4v) is 2.17. The maximum atomic E-state index is 12.1. The van der Waals surface area contributed by atoms with Crippen molar-refractivity contribution < 1.29 is 4.79 Å². The Hall–Kier alpha value is -2.04. The lowest BCUT2D eigenvalue weighted by Gasteiger charge is -2.23. The number of amidine groups is 1. The molecule has 1 fully saturated rings. The van der Waals surface area contributed by atoms with Crippen molar-refractivity contribution in [1.29, 1.82) is 5.41 Å². The molecule has 1 aliphatic rings. The van der Waals surface area contributed by atoms with Crippen LogP contribution in [0.4, 0.5) is 10.5 Å². The molecular weight excluding hydrogens is 228 g/mol. The van der Waals surface area contributed by atoms with E-state index in [1.165, 1.54) is 0 Å². The highest BCUT2D eigenvalue weighted by Gasteiger charge is 2.30. The van der Waals surface area contributed by atoms with Crippen LogP contribution < -0.4 is 11.1 Å². The molecule has 2 rings (SSSR count). The molecule has 96 valence electrons. The standard InChI is InChI=1S/C13H18N4O/c1-9-4-6-10(7-5-9)16-13(18)17-8-2-3-11(17)12(14)15/h4-7,11H,2-3,8H2,1H3,(H3,14,15)(H,16,18). The Morgan fingerprint density at radius 2 is 2.11 bits per heavy atom. The van der Waals surface area contributed by atoms with E-state index in [4.69, 9.17) is 11.1 Å². The number of hydrogen-bond donors (Lipinski definition) is 3. The zero-order valence-corrected chi connectivity index (χ0v) is 10.4. The van der Waals surface area contributed by atoms with Crippen LogP contribution >= 0.6 is 0 Å². The van der Waals surface area contributed by atoms with Gasteiger partial charge in [0.1, 0.15) is 5.84 Å². The van der Waals surface area contributed by atoms with E-state index in [-0.39, 0.29) is 17.9 Å². The van der Waals surface area contributed by atoms with Crippen LogP contribution in [0.1, 0.15) is 18.4 Å². The number of carbonyl (C=O) groups excluding carboxylic acids is 1. The zero-order chi connectivity index (χ0) is 13.1. The molecule has 0 aliphatic carbocycles. The van der Waals surface area contributed by atoms with Crippen molar-refractivity contribution in [3.8, 4) is 0 Å². The maximum absolute atomic E-state index is 12.1. The van der Waals surface area contributed by atoms with Crippen molar-refractivity contribution in [3.05, 3.63) is 29.8 Å². The molecule has 1 aliphatic heterocycles. The van der Waals surface area contributed by atoms with Crippen molar-refractivity contribution in [2.24, 2.45) is 5.73 Å². The number of rotatable bonds is 2. The highest BCUT2D eigenvalue weighted by molar-refractivity contribution is 5.94. The third kappa shape index (κ3) is 2.61. The molecule has 1 heterocycles. The average molecular weight is 246 g/mol.